The van der Waals surface area contributed by atoms with Crippen LogP contribution in [0.5, 0.6) is 11.5 Å². The van der Waals surface area contributed by atoms with E-state index in [1.807, 2.05) is 6.07 Å². The molecule has 3 nitrogen and oxygen atoms in total. The van der Waals surface area contributed by atoms with Crippen molar-refractivity contribution in [3.63, 3.8) is 0 Å². The summed E-state index contributed by atoms with van der Waals surface area (Å²) in [5.74, 6) is 1.65. The van der Waals surface area contributed by atoms with Gasteiger partial charge in [0.15, 0.2) is 11.5 Å². The van der Waals surface area contributed by atoms with Crippen LogP contribution in [0.1, 0.15) is 38.7 Å². The summed E-state index contributed by atoms with van der Waals surface area (Å²) in [6, 6.07) is 4.03. The summed E-state index contributed by atoms with van der Waals surface area (Å²) in [6.45, 7) is 6.83. The van der Waals surface area contributed by atoms with Gasteiger partial charge in [0.25, 0.3) is 0 Å². The predicted molar refractivity (Wildman–Crippen MR) is 83.1 cm³/mol. The van der Waals surface area contributed by atoms with Crippen LogP contribution in [-0.2, 0) is 6.54 Å². The second-order valence-electron chi connectivity index (χ2n) is 4.48. The van der Waals surface area contributed by atoms with Crippen molar-refractivity contribution in [3.05, 3.63) is 22.2 Å². The second kappa shape index (κ2) is 9.21. The maximum atomic E-state index is 5.83. The van der Waals surface area contributed by atoms with E-state index in [0.29, 0.717) is 6.61 Å². The highest BCUT2D eigenvalue weighted by Crippen LogP contribution is 2.35. The van der Waals surface area contributed by atoms with Crippen molar-refractivity contribution in [2.24, 2.45) is 0 Å². The van der Waals surface area contributed by atoms with Crippen molar-refractivity contribution >= 4 is 15.9 Å². The molecule has 0 saturated heterocycles. The molecule has 0 saturated carbocycles. The molecule has 0 unspecified atom stereocenters. The maximum Gasteiger partial charge on any atom is 0.165 e. The van der Waals surface area contributed by atoms with Crippen LogP contribution in [-0.4, -0.2) is 20.3 Å². The van der Waals surface area contributed by atoms with E-state index in [-0.39, 0.29) is 0 Å². The maximum absolute atomic E-state index is 5.83. The average molecular weight is 330 g/mol. The van der Waals surface area contributed by atoms with E-state index >= 15 is 0 Å². The number of hydrogen-bond donors (Lipinski definition) is 1. The number of rotatable bonds is 9. The summed E-state index contributed by atoms with van der Waals surface area (Å²) in [6.07, 6.45) is 3.38. The molecule has 19 heavy (non-hydrogen) atoms. The molecule has 0 aliphatic carbocycles. The Morgan fingerprint density at radius 3 is 2.63 bits per heavy atom. The number of benzene rings is 1. The van der Waals surface area contributed by atoms with E-state index in [0.717, 1.165) is 41.0 Å². The molecule has 1 rings (SSSR count). The molecule has 0 radical (unpaired) electrons. The fourth-order valence-corrected chi connectivity index (χ4v) is 2.28. The summed E-state index contributed by atoms with van der Waals surface area (Å²) < 4.78 is 12.3. The van der Waals surface area contributed by atoms with Crippen LogP contribution in [0, 0.1) is 0 Å². The van der Waals surface area contributed by atoms with Gasteiger partial charge in [-0.2, -0.15) is 0 Å². The normalized spacial score (nSPS) is 10.5. The van der Waals surface area contributed by atoms with Gasteiger partial charge in [-0.3, -0.25) is 0 Å². The number of nitrogens with one attached hydrogen (secondary N) is 1. The molecule has 0 aromatic heterocycles. The first kappa shape index (κ1) is 16.3. The van der Waals surface area contributed by atoms with E-state index in [2.05, 4.69) is 41.2 Å². The second-order valence-corrected chi connectivity index (χ2v) is 5.39. The van der Waals surface area contributed by atoms with Crippen LogP contribution in [0.15, 0.2) is 16.6 Å². The number of ether oxygens (including phenoxy) is 2. The monoisotopic (exact) mass is 329 g/mol. The summed E-state index contributed by atoms with van der Waals surface area (Å²) in [7, 11) is 1.68. The number of unbranched alkanes of at least 4 members (excludes halogenated alkanes) is 1. The number of halogens is 1. The molecule has 0 heterocycles. The Morgan fingerprint density at radius 1 is 1.21 bits per heavy atom. The molecule has 0 aliphatic rings. The molecule has 1 aromatic carbocycles. The Hall–Kier alpha value is -0.740. The van der Waals surface area contributed by atoms with Crippen molar-refractivity contribution in [2.45, 2.75) is 39.7 Å². The first-order chi connectivity index (χ1) is 9.22. The highest BCUT2D eigenvalue weighted by molar-refractivity contribution is 9.10. The summed E-state index contributed by atoms with van der Waals surface area (Å²) in [5.41, 5.74) is 1.13. The van der Waals surface area contributed by atoms with Crippen molar-refractivity contribution < 1.29 is 9.47 Å². The van der Waals surface area contributed by atoms with Gasteiger partial charge in [-0.1, -0.05) is 36.2 Å². The lowest BCUT2D eigenvalue weighted by molar-refractivity contribution is 0.290. The van der Waals surface area contributed by atoms with Gasteiger partial charge in [0.05, 0.1) is 13.7 Å². The Kier molecular flexibility index (Phi) is 7.91. The third kappa shape index (κ3) is 5.41. The van der Waals surface area contributed by atoms with E-state index in [4.69, 9.17) is 9.47 Å². The van der Waals surface area contributed by atoms with Gasteiger partial charge < -0.3 is 14.8 Å². The van der Waals surface area contributed by atoms with Gasteiger partial charge >= 0.3 is 0 Å². The highest BCUT2D eigenvalue weighted by atomic mass is 79.9. The van der Waals surface area contributed by atoms with Crippen molar-refractivity contribution in [3.8, 4) is 11.5 Å². The highest BCUT2D eigenvalue weighted by Gasteiger charge is 2.12. The quantitative estimate of drug-likeness (QED) is 0.691. The lowest BCUT2D eigenvalue weighted by Crippen LogP contribution is -2.15. The molecule has 0 atom stereocenters. The predicted octanol–water partition coefficient (Wildman–Crippen LogP) is 4.14. The lowest BCUT2D eigenvalue weighted by atomic mass is 10.1. The largest absolute Gasteiger partial charge is 0.493 e. The van der Waals surface area contributed by atoms with Crippen LogP contribution in [0.4, 0.5) is 0 Å². The van der Waals surface area contributed by atoms with Gasteiger partial charge in [-0.25, -0.2) is 0 Å². The minimum absolute atomic E-state index is 0.708. The lowest BCUT2D eigenvalue weighted by Gasteiger charge is -2.16. The molecule has 4 heteroatoms. The van der Waals surface area contributed by atoms with Crippen LogP contribution < -0.4 is 14.8 Å². The molecule has 0 fully saturated rings. The SMILES string of the molecule is CCCCNCc1cc(Br)cc(OC)c1OCCC. The molecule has 0 aliphatic heterocycles. The summed E-state index contributed by atoms with van der Waals surface area (Å²) in [4.78, 5) is 0. The zero-order valence-electron chi connectivity index (χ0n) is 12.1. The topological polar surface area (TPSA) is 30.5 Å². The third-order valence-electron chi connectivity index (χ3n) is 2.79. The molecule has 0 amide bonds. The van der Waals surface area contributed by atoms with Crippen molar-refractivity contribution in [1.82, 2.24) is 5.32 Å². The van der Waals surface area contributed by atoms with Gasteiger partial charge in [0.2, 0.25) is 0 Å². The van der Waals surface area contributed by atoms with E-state index in [1.54, 1.807) is 7.11 Å². The number of methoxy groups -OCH3 is 1. The first-order valence-electron chi connectivity index (χ1n) is 6.92. The average Bonchev–Trinajstić information content (AvgIpc) is 2.41. The first-order valence-corrected chi connectivity index (χ1v) is 7.72. The number of hydrogen-bond acceptors (Lipinski definition) is 3. The zero-order valence-corrected chi connectivity index (χ0v) is 13.7. The molecular formula is C15H24BrNO2. The Morgan fingerprint density at radius 2 is 2.00 bits per heavy atom. The minimum Gasteiger partial charge on any atom is -0.493 e. The Balaban J connectivity index is 2.82. The Bertz CT molecular complexity index is 383. The fraction of sp³-hybridized carbons (Fsp3) is 0.600. The molecule has 1 aromatic rings. The molecule has 108 valence electrons. The Labute approximate surface area is 124 Å². The van der Waals surface area contributed by atoms with Gasteiger partial charge in [-0.05, 0) is 31.5 Å². The van der Waals surface area contributed by atoms with E-state index < -0.39 is 0 Å². The zero-order chi connectivity index (χ0) is 14.1. The van der Waals surface area contributed by atoms with Crippen LogP contribution in [0.25, 0.3) is 0 Å². The smallest absolute Gasteiger partial charge is 0.165 e. The van der Waals surface area contributed by atoms with Crippen LogP contribution in [0.3, 0.4) is 0 Å². The molecular weight excluding hydrogens is 306 g/mol. The van der Waals surface area contributed by atoms with Gasteiger partial charge in [0, 0.05) is 16.6 Å². The van der Waals surface area contributed by atoms with Crippen molar-refractivity contribution in [2.75, 3.05) is 20.3 Å². The van der Waals surface area contributed by atoms with Crippen LogP contribution in [0.2, 0.25) is 0 Å². The molecule has 0 bridgehead atoms. The van der Waals surface area contributed by atoms with Gasteiger partial charge in [0.1, 0.15) is 0 Å². The summed E-state index contributed by atoms with van der Waals surface area (Å²) in [5, 5.41) is 3.44. The molecule has 0 spiro atoms. The van der Waals surface area contributed by atoms with E-state index in [1.165, 1.54) is 12.8 Å². The van der Waals surface area contributed by atoms with Gasteiger partial charge in [-0.15, -0.1) is 0 Å². The van der Waals surface area contributed by atoms with Crippen molar-refractivity contribution in [1.29, 1.82) is 0 Å². The van der Waals surface area contributed by atoms with E-state index in [9.17, 15) is 0 Å². The fourth-order valence-electron chi connectivity index (χ4n) is 1.80. The standard InChI is InChI=1S/C15H24BrNO2/c1-4-6-7-17-11-12-9-13(16)10-14(18-3)15(12)19-8-5-2/h9-10,17H,4-8,11H2,1-3H3. The third-order valence-corrected chi connectivity index (χ3v) is 3.25. The molecule has 1 N–H and O–H groups in total. The van der Waals surface area contributed by atoms with Crippen LogP contribution >= 0.6 is 15.9 Å². The summed E-state index contributed by atoms with van der Waals surface area (Å²) >= 11 is 3.52. The minimum atomic E-state index is 0.708.